The van der Waals surface area contributed by atoms with E-state index in [2.05, 4.69) is 5.32 Å². The van der Waals surface area contributed by atoms with Crippen molar-refractivity contribution in [1.29, 1.82) is 0 Å². The van der Waals surface area contributed by atoms with Gasteiger partial charge in [0.15, 0.2) is 9.84 Å². The molecule has 1 aliphatic rings. The highest BCUT2D eigenvalue weighted by Crippen LogP contribution is 2.25. The van der Waals surface area contributed by atoms with Crippen LogP contribution < -0.4 is 11.1 Å². The Morgan fingerprint density at radius 2 is 1.95 bits per heavy atom. The van der Waals surface area contributed by atoms with Gasteiger partial charge in [-0.15, -0.1) is 12.4 Å². The Morgan fingerprint density at radius 1 is 1.24 bits per heavy atom. The highest BCUT2D eigenvalue weighted by atomic mass is 35.5. The molecule has 1 amide bonds. The largest absolute Gasteiger partial charge is 0.355 e. The van der Waals surface area contributed by atoms with Crippen molar-refractivity contribution >= 4 is 28.2 Å². The normalized spacial score (nSPS) is 13.4. The number of carbonyl (C=O) groups is 1. The third-order valence-corrected chi connectivity index (χ3v) is 5.21. The number of carbonyl (C=O) groups excluding carboxylic acids is 1. The summed E-state index contributed by atoms with van der Waals surface area (Å²) in [6, 6.07) is 5.30. The van der Waals surface area contributed by atoms with E-state index in [1.54, 1.807) is 12.1 Å². The number of benzene rings is 1. The lowest BCUT2D eigenvalue weighted by Crippen LogP contribution is -2.30. The summed E-state index contributed by atoms with van der Waals surface area (Å²) in [7, 11) is -3.39. The number of rotatable bonds is 6. The van der Waals surface area contributed by atoms with Crippen LogP contribution >= 0.6 is 12.4 Å². The van der Waals surface area contributed by atoms with Crippen molar-refractivity contribution in [2.75, 3.05) is 18.8 Å². The highest BCUT2D eigenvalue weighted by Gasteiger charge is 2.19. The van der Waals surface area contributed by atoms with Crippen LogP contribution in [0, 0.1) is 0 Å². The van der Waals surface area contributed by atoms with Crippen molar-refractivity contribution in [1.82, 2.24) is 5.32 Å². The van der Waals surface area contributed by atoms with Crippen LogP contribution in [0.2, 0.25) is 0 Å². The number of nitrogens with two attached hydrogens (primary N) is 1. The van der Waals surface area contributed by atoms with Crippen LogP contribution in [-0.2, 0) is 27.5 Å². The maximum absolute atomic E-state index is 12.2. The minimum atomic E-state index is -3.39. The van der Waals surface area contributed by atoms with Gasteiger partial charge in [0.1, 0.15) is 0 Å². The molecular weight excluding hydrogens is 312 g/mol. The Morgan fingerprint density at radius 3 is 2.67 bits per heavy atom. The van der Waals surface area contributed by atoms with E-state index in [1.165, 1.54) is 5.56 Å². The maximum atomic E-state index is 12.2. The van der Waals surface area contributed by atoms with E-state index in [4.69, 9.17) is 5.73 Å². The summed E-state index contributed by atoms with van der Waals surface area (Å²) in [6.45, 7) is 0.723. The molecule has 2 rings (SSSR count). The molecule has 21 heavy (non-hydrogen) atoms. The van der Waals surface area contributed by atoms with E-state index >= 15 is 0 Å². The molecule has 0 saturated carbocycles. The number of hydrogen-bond acceptors (Lipinski definition) is 4. The van der Waals surface area contributed by atoms with Crippen LogP contribution in [0.5, 0.6) is 0 Å². The molecular formula is C14H21ClN2O3S. The average molecular weight is 333 g/mol. The number of nitrogens with one attached hydrogen (secondary N) is 1. The lowest BCUT2D eigenvalue weighted by Gasteiger charge is -2.07. The van der Waals surface area contributed by atoms with Crippen molar-refractivity contribution in [2.45, 2.75) is 30.6 Å². The molecule has 0 aliphatic heterocycles. The second kappa shape index (κ2) is 7.77. The number of amides is 1. The Kier molecular flexibility index (Phi) is 6.64. The predicted octanol–water partition coefficient (Wildman–Crippen LogP) is 0.836. The summed E-state index contributed by atoms with van der Waals surface area (Å²) in [5.41, 5.74) is 7.63. The quantitative estimate of drug-likeness (QED) is 0.807. The zero-order valence-corrected chi connectivity index (χ0v) is 13.4. The molecule has 0 radical (unpaired) electrons. The SMILES string of the molecule is Cl.NCCNC(=O)CCS(=O)(=O)c1ccc2c(c1)CCC2. The second-order valence-corrected chi connectivity index (χ2v) is 7.10. The number of hydrogen-bond donors (Lipinski definition) is 2. The Labute approximate surface area is 131 Å². The first-order valence-corrected chi connectivity index (χ1v) is 8.49. The average Bonchev–Trinajstić information content (AvgIpc) is 2.90. The third kappa shape index (κ3) is 4.69. The minimum Gasteiger partial charge on any atom is -0.355 e. The minimum absolute atomic E-state index is 0. The fourth-order valence-electron chi connectivity index (χ4n) is 2.39. The molecule has 0 fully saturated rings. The van der Waals surface area contributed by atoms with Crippen molar-refractivity contribution < 1.29 is 13.2 Å². The Hall–Kier alpha value is -1.11. The van der Waals surface area contributed by atoms with Gasteiger partial charge in [-0.05, 0) is 42.5 Å². The topological polar surface area (TPSA) is 89.3 Å². The van der Waals surface area contributed by atoms with Crippen LogP contribution in [0.1, 0.15) is 24.0 Å². The Balaban J connectivity index is 0.00000220. The van der Waals surface area contributed by atoms with Crippen molar-refractivity contribution in [3.05, 3.63) is 29.3 Å². The van der Waals surface area contributed by atoms with Crippen LogP contribution in [0.3, 0.4) is 0 Å². The number of halogens is 1. The predicted molar refractivity (Wildman–Crippen MR) is 84.4 cm³/mol. The van der Waals surface area contributed by atoms with E-state index in [-0.39, 0.29) is 30.5 Å². The molecule has 0 atom stereocenters. The smallest absolute Gasteiger partial charge is 0.221 e. The van der Waals surface area contributed by atoms with Crippen LogP contribution in [0.25, 0.3) is 0 Å². The van der Waals surface area contributed by atoms with E-state index in [0.29, 0.717) is 18.0 Å². The molecule has 0 aromatic heterocycles. The van der Waals surface area contributed by atoms with Gasteiger partial charge in [0.25, 0.3) is 0 Å². The summed E-state index contributed by atoms with van der Waals surface area (Å²) in [6.07, 6.45) is 3.02. The number of aryl methyl sites for hydroxylation is 2. The molecule has 1 aliphatic carbocycles. The first-order chi connectivity index (χ1) is 9.53. The van der Waals surface area contributed by atoms with Gasteiger partial charge in [0.2, 0.25) is 5.91 Å². The van der Waals surface area contributed by atoms with Gasteiger partial charge < -0.3 is 11.1 Å². The molecule has 118 valence electrons. The summed E-state index contributed by atoms with van der Waals surface area (Å²) in [5, 5.41) is 2.57. The first kappa shape index (κ1) is 17.9. The Bertz CT molecular complexity index is 602. The first-order valence-electron chi connectivity index (χ1n) is 6.84. The van der Waals surface area contributed by atoms with E-state index in [9.17, 15) is 13.2 Å². The fourth-order valence-corrected chi connectivity index (χ4v) is 3.67. The van der Waals surface area contributed by atoms with Crippen molar-refractivity contribution in [3.8, 4) is 0 Å². The summed E-state index contributed by atoms with van der Waals surface area (Å²) < 4.78 is 24.4. The van der Waals surface area contributed by atoms with E-state index in [0.717, 1.165) is 24.8 Å². The molecule has 0 spiro atoms. The third-order valence-electron chi connectivity index (χ3n) is 3.49. The van der Waals surface area contributed by atoms with Crippen LogP contribution in [-0.4, -0.2) is 33.2 Å². The molecule has 1 aromatic carbocycles. The van der Waals surface area contributed by atoms with Gasteiger partial charge in [-0.2, -0.15) is 0 Å². The molecule has 3 N–H and O–H groups in total. The van der Waals surface area contributed by atoms with Crippen molar-refractivity contribution in [3.63, 3.8) is 0 Å². The van der Waals surface area contributed by atoms with Crippen LogP contribution in [0.15, 0.2) is 23.1 Å². The molecule has 0 bridgehead atoms. The standard InChI is InChI=1S/C14H20N2O3S.ClH/c15-7-8-16-14(17)6-9-20(18,19)13-5-4-11-2-1-3-12(11)10-13;/h4-5,10H,1-3,6-9,15H2,(H,16,17);1H. The molecule has 0 heterocycles. The van der Waals surface area contributed by atoms with E-state index < -0.39 is 9.84 Å². The summed E-state index contributed by atoms with van der Waals surface area (Å²) in [4.78, 5) is 11.8. The molecule has 7 heteroatoms. The zero-order chi connectivity index (χ0) is 14.6. The van der Waals surface area contributed by atoms with Gasteiger partial charge in [0.05, 0.1) is 10.6 Å². The van der Waals surface area contributed by atoms with Crippen LogP contribution in [0.4, 0.5) is 0 Å². The lowest BCUT2D eigenvalue weighted by atomic mass is 10.1. The van der Waals surface area contributed by atoms with Gasteiger partial charge >= 0.3 is 0 Å². The zero-order valence-electron chi connectivity index (χ0n) is 11.8. The van der Waals surface area contributed by atoms with Crippen molar-refractivity contribution in [2.24, 2.45) is 5.73 Å². The van der Waals surface area contributed by atoms with Gasteiger partial charge in [0, 0.05) is 19.5 Å². The van der Waals surface area contributed by atoms with Gasteiger partial charge in [-0.25, -0.2) is 8.42 Å². The summed E-state index contributed by atoms with van der Waals surface area (Å²) in [5.74, 6) is -0.442. The van der Waals surface area contributed by atoms with Gasteiger partial charge in [-0.3, -0.25) is 4.79 Å². The number of sulfone groups is 1. The second-order valence-electron chi connectivity index (χ2n) is 4.99. The monoisotopic (exact) mass is 332 g/mol. The molecule has 5 nitrogen and oxygen atoms in total. The molecule has 1 aromatic rings. The fraction of sp³-hybridized carbons (Fsp3) is 0.500. The lowest BCUT2D eigenvalue weighted by molar-refractivity contribution is -0.120. The molecule has 0 saturated heterocycles. The van der Waals surface area contributed by atoms with Gasteiger partial charge in [-0.1, -0.05) is 6.07 Å². The highest BCUT2D eigenvalue weighted by molar-refractivity contribution is 7.91. The maximum Gasteiger partial charge on any atom is 0.221 e. The van der Waals surface area contributed by atoms with E-state index in [1.807, 2.05) is 6.07 Å². The summed E-state index contributed by atoms with van der Waals surface area (Å²) >= 11 is 0. The number of fused-ring (bicyclic) bond motifs is 1. The molecule has 0 unspecified atom stereocenters.